The van der Waals surface area contributed by atoms with Crippen molar-refractivity contribution in [1.82, 2.24) is 0 Å². The lowest BCUT2D eigenvalue weighted by molar-refractivity contribution is -0.135. The molecule has 0 N–H and O–H groups in total. The van der Waals surface area contributed by atoms with E-state index in [0.717, 1.165) is 12.8 Å². The van der Waals surface area contributed by atoms with Crippen molar-refractivity contribution < 1.29 is 9.53 Å². The lowest BCUT2D eigenvalue weighted by Crippen LogP contribution is -2.02. The number of methoxy groups -OCH3 is 1. The zero-order valence-corrected chi connectivity index (χ0v) is 11.5. The van der Waals surface area contributed by atoms with Crippen LogP contribution in [0.5, 0.6) is 0 Å². The van der Waals surface area contributed by atoms with Crippen LogP contribution in [0.3, 0.4) is 0 Å². The van der Waals surface area contributed by atoms with Crippen molar-refractivity contribution in [1.29, 1.82) is 0 Å². The van der Waals surface area contributed by atoms with Crippen molar-refractivity contribution in [2.24, 2.45) is 0 Å². The smallest absolute Gasteiger partial charge is 0.337 e. The highest BCUT2D eigenvalue weighted by atomic mass is 16.5. The number of ether oxygens (including phenoxy) is 1. The first-order valence-electron chi connectivity index (χ1n) is 6.67. The number of carbonyl (C=O) groups excluding carboxylic acids is 1. The van der Waals surface area contributed by atoms with Gasteiger partial charge in [-0.25, -0.2) is 4.79 Å². The van der Waals surface area contributed by atoms with Gasteiger partial charge in [-0.1, -0.05) is 57.3 Å². The molecule has 0 radical (unpaired) electrons. The molecule has 2 heteroatoms. The van der Waals surface area contributed by atoms with Crippen LogP contribution in [0.2, 0.25) is 0 Å². The molecule has 98 valence electrons. The number of hydrogen-bond donors (Lipinski definition) is 0. The van der Waals surface area contributed by atoms with Gasteiger partial charge in [0.2, 0.25) is 0 Å². The summed E-state index contributed by atoms with van der Waals surface area (Å²) in [6.45, 7) is 4.13. The molecule has 0 fully saturated rings. The Bertz CT molecular complexity index is 252. The van der Waals surface area contributed by atoms with Gasteiger partial charge < -0.3 is 4.74 Å². The van der Waals surface area contributed by atoms with Crippen LogP contribution in [0.25, 0.3) is 0 Å². The van der Waals surface area contributed by atoms with E-state index in [-0.39, 0.29) is 5.97 Å². The molecule has 0 saturated heterocycles. The molecular formula is C15H26O2. The zero-order chi connectivity index (χ0) is 12.9. The molecule has 0 aliphatic rings. The SMILES string of the molecule is CC=CC(=CCCCCCCCC)C(=O)OC. The number of allylic oxidation sites excluding steroid dienone is 2. The van der Waals surface area contributed by atoms with Crippen LogP contribution in [0, 0.1) is 0 Å². The number of hydrogen-bond acceptors (Lipinski definition) is 2. The first-order valence-corrected chi connectivity index (χ1v) is 6.67. The summed E-state index contributed by atoms with van der Waals surface area (Å²) >= 11 is 0. The molecule has 0 amide bonds. The fourth-order valence-electron chi connectivity index (χ4n) is 1.70. The summed E-state index contributed by atoms with van der Waals surface area (Å²) in [4.78, 5) is 11.4. The van der Waals surface area contributed by atoms with Crippen LogP contribution in [0.4, 0.5) is 0 Å². The largest absolute Gasteiger partial charge is 0.465 e. The molecular weight excluding hydrogens is 212 g/mol. The zero-order valence-electron chi connectivity index (χ0n) is 11.5. The Kier molecular flexibility index (Phi) is 10.7. The van der Waals surface area contributed by atoms with Crippen molar-refractivity contribution in [2.45, 2.75) is 58.8 Å². The Balaban J connectivity index is 3.81. The van der Waals surface area contributed by atoms with Crippen LogP contribution >= 0.6 is 0 Å². The molecule has 17 heavy (non-hydrogen) atoms. The number of esters is 1. The predicted molar refractivity (Wildman–Crippen MR) is 72.9 cm³/mol. The van der Waals surface area contributed by atoms with Gasteiger partial charge in [0.25, 0.3) is 0 Å². The quantitative estimate of drug-likeness (QED) is 0.257. The van der Waals surface area contributed by atoms with Gasteiger partial charge in [-0.05, 0) is 19.8 Å². The van der Waals surface area contributed by atoms with Crippen molar-refractivity contribution in [3.63, 3.8) is 0 Å². The summed E-state index contributed by atoms with van der Waals surface area (Å²) in [6, 6.07) is 0. The lowest BCUT2D eigenvalue weighted by Gasteiger charge is -2.01. The second kappa shape index (κ2) is 11.4. The fourth-order valence-corrected chi connectivity index (χ4v) is 1.70. The van der Waals surface area contributed by atoms with Gasteiger partial charge in [0, 0.05) is 0 Å². The number of carbonyl (C=O) groups is 1. The molecule has 0 aromatic rings. The molecule has 0 saturated carbocycles. The Morgan fingerprint density at radius 1 is 1.12 bits per heavy atom. The van der Waals surface area contributed by atoms with Crippen LogP contribution in [0.1, 0.15) is 58.8 Å². The molecule has 0 rings (SSSR count). The van der Waals surface area contributed by atoms with Crippen LogP contribution in [-0.2, 0) is 9.53 Å². The second-order valence-corrected chi connectivity index (χ2v) is 4.21. The standard InChI is InChI=1S/C15H26O2/c1-4-6-7-8-9-10-11-13-14(12-5-2)15(16)17-3/h5,12-13H,4,6-11H2,1-3H3. The van der Waals surface area contributed by atoms with Crippen molar-refractivity contribution >= 4 is 5.97 Å². The third-order valence-electron chi connectivity index (χ3n) is 2.69. The minimum Gasteiger partial charge on any atom is -0.465 e. The maximum absolute atomic E-state index is 11.4. The Morgan fingerprint density at radius 2 is 1.76 bits per heavy atom. The summed E-state index contributed by atoms with van der Waals surface area (Å²) in [5.74, 6) is -0.242. The van der Waals surface area contributed by atoms with E-state index in [1.165, 1.54) is 39.2 Å². The van der Waals surface area contributed by atoms with Gasteiger partial charge in [0.15, 0.2) is 0 Å². The first kappa shape index (κ1) is 16.0. The summed E-state index contributed by atoms with van der Waals surface area (Å²) in [6.07, 6.45) is 14.3. The maximum atomic E-state index is 11.4. The monoisotopic (exact) mass is 238 g/mol. The highest BCUT2D eigenvalue weighted by Gasteiger charge is 2.04. The highest BCUT2D eigenvalue weighted by Crippen LogP contribution is 2.09. The summed E-state index contributed by atoms with van der Waals surface area (Å²) in [7, 11) is 1.42. The van der Waals surface area contributed by atoms with Crippen molar-refractivity contribution in [3.05, 3.63) is 23.8 Å². The van der Waals surface area contributed by atoms with Crippen LogP contribution in [0.15, 0.2) is 23.8 Å². The molecule has 0 aliphatic heterocycles. The van der Waals surface area contributed by atoms with Gasteiger partial charge >= 0.3 is 5.97 Å². The van der Waals surface area contributed by atoms with Gasteiger partial charge in [-0.2, -0.15) is 0 Å². The third kappa shape index (κ3) is 8.73. The Hall–Kier alpha value is -1.05. The van der Waals surface area contributed by atoms with Crippen LogP contribution in [-0.4, -0.2) is 13.1 Å². The molecule has 0 aliphatic carbocycles. The van der Waals surface area contributed by atoms with Gasteiger partial charge in [0.1, 0.15) is 0 Å². The average molecular weight is 238 g/mol. The number of unbranched alkanes of at least 4 members (excludes halogenated alkanes) is 6. The minimum absolute atomic E-state index is 0.242. The number of rotatable bonds is 9. The van der Waals surface area contributed by atoms with Gasteiger partial charge in [0.05, 0.1) is 12.7 Å². The van der Waals surface area contributed by atoms with E-state index in [1.54, 1.807) is 0 Å². The van der Waals surface area contributed by atoms with E-state index in [4.69, 9.17) is 4.74 Å². The molecule has 0 bridgehead atoms. The average Bonchev–Trinajstić information content (AvgIpc) is 2.35. The Morgan fingerprint density at radius 3 is 2.35 bits per heavy atom. The summed E-state index contributed by atoms with van der Waals surface area (Å²) in [5, 5.41) is 0. The maximum Gasteiger partial charge on any atom is 0.337 e. The van der Waals surface area contributed by atoms with E-state index < -0.39 is 0 Å². The molecule has 0 aromatic carbocycles. The summed E-state index contributed by atoms with van der Waals surface area (Å²) in [5.41, 5.74) is 0.670. The van der Waals surface area contributed by atoms with E-state index in [2.05, 4.69) is 6.92 Å². The topological polar surface area (TPSA) is 26.3 Å². The Labute approximate surface area is 106 Å². The predicted octanol–water partition coefficient (Wildman–Crippen LogP) is 4.41. The summed E-state index contributed by atoms with van der Waals surface area (Å²) < 4.78 is 4.72. The molecule has 0 unspecified atom stereocenters. The second-order valence-electron chi connectivity index (χ2n) is 4.21. The normalized spacial score (nSPS) is 12.1. The van der Waals surface area contributed by atoms with E-state index in [1.807, 2.05) is 25.2 Å². The van der Waals surface area contributed by atoms with Gasteiger partial charge in [-0.15, -0.1) is 0 Å². The molecule has 0 aromatic heterocycles. The van der Waals surface area contributed by atoms with Crippen LogP contribution < -0.4 is 0 Å². The minimum atomic E-state index is -0.242. The molecule has 2 nitrogen and oxygen atoms in total. The molecule has 0 heterocycles. The highest BCUT2D eigenvalue weighted by molar-refractivity contribution is 5.91. The fraction of sp³-hybridized carbons (Fsp3) is 0.667. The molecule has 0 atom stereocenters. The van der Waals surface area contributed by atoms with Gasteiger partial charge in [-0.3, -0.25) is 0 Å². The van der Waals surface area contributed by atoms with E-state index in [9.17, 15) is 4.79 Å². The molecule has 0 spiro atoms. The lowest BCUT2D eigenvalue weighted by atomic mass is 10.1. The van der Waals surface area contributed by atoms with Crippen molar-refractivity contribution in [2.75, 3.05) is 7.11 Å². The first-order chi connectivity index (χ1) is 8.26. The van der Waals surface area contributed by atoms with E-state index in [0.29, 0.717) is 5.57 Å². The van der Waals surface area contributed by atoms with Crippen molar-refractivity contribution in [3.8, 4) is 0 Å². The van der Waals surface area contributed by atoms with E-state index >= 15 is 0 Å². The third-order valence-corrected chi connectivity index (χ3v) is 2.69.